The minimum Gasteiger partial charge on any atom is -0.326 e. The van der Waals surface area contributed by atoms with Crippen LogP contribution in [0.15, 0.2) is 60.0 Å². The van der Waals surface area contributed by atoms with Crippen LogP contribution in [-0.2, 0) is 4.79 Å². The van der Waals surface area contributed by atoms with E-state index in [1.54, 1.807) is 30.6 Å². The fourth-order valence-electron chi connectivity index (χ4n) is 2.75. The first kappa shape index (κ1) is 20.8. The Balaban J connectivity index is 1.71. The van der Waals surface area contributed by atoms with Crippen LogP contribution in [0.3, 0.4) is 0 Å². The maximum Gasteiger partial charge on any atom is 0.226 e. The normalized spacial score (nSPS) is 12.0. The second-order valence-electron chi connectivity index (χ2n) is 7.12. The maximum atomic E-state index is 12.9. The van der Waals surface area contributed by atoms with Gasteiger partial charge < -0.3 is 5.32 Å². The van der Waals surface area contributed by atoms with Crippen LogP contribution in [0.5, 0.6) is 0 Å². The Morgan fingerprint density at radius 1 is 1.03 bits per heavy atom. The number of carbonyl (C=O) groups is 2. The van der Waals surface area contributed by atoms with Crippen molar-refractivity contribution in [1.82, 2.24) is 14.8 Å². The van der Waals surface area contributed by atoms with Crippen molar-refractivity contribution in [3.05, 3.63) is 66.0 Å². The second-order valence-corrected chi connectivity index (χ2v) is 8.42. The summed E-state index contributed by atoms with van der Waals surface area (Å²) in [7, 11) is 0. The standard InChI is InChI=1S/C22H24N4O2S/c1-14(2)21(28)24-18-11-9-17(10-12-18)20(27)16(4)29-22-25-23-13-26(22)19-8-6-5-7-15(19)3/h5-14,16H,1-4H3,(H,24,28). The van der Waals surface area contributed by atoms with Crippen molar-refractivity contribution >= 4 is 29.1 Å². The highest BCUT2D eigenvalue weighted by Crippen LogP contribution is 2.27. The summed E-state index contributed by atoms with van der Waals surface area (Å²) in [4.78, 5) is 24.7. The predicted molar refractivity (Wildman–Crippen MR) is 116 cm³/mol. The number of anilines is 1. The number of Topliss-reactive ketones (excluding diaryl/α,β-unsaturated/α-hetero) is 1. The lowest BCUT2D eigenvalue weighted by Crippen LogP contribution is -2.18. The molecule has 1 N–H and O–H groups in total. The first-order valence-electron chi connectivity index (χ1n) is 9.44. The molecule has 29 heavy (non-hydrogen) atoms. The summed E-state index contributed by atoms with van der Waals surface area (Å²) in [6, 6.07) is 14.9. The molecule has 0 aliphatic rings. The van der Waals surface area contributed by atoms with E-state index >= 15 is 0 Å². The van der Waals surface area contributed by atoms with Crippen LogP contribution in [0.4, 0.5) is 5.69 Å². The van der Waals surface area contributed by atoms with Gasteiger partial charge in [-0.2, -0.15) is 0 Å². The number of aryl methyl sites for hydroxylation is 1. The van der Waals surface area contributed by atoms with Gasteiger partial charge in [-0.25, -0.2) is 0 Å². The third kappa shape index (κ3) is 4.92. The van der Waals surface area contributed by atoms with E-state index < -0.39 is 0 Å². The summed E-state index contributed by atoms with van der Waals surface area (Å²) in [6.07, 6.45) is 1.66. The molecule has 0 aliphatic carbocycles. The molecule has 1 amide bonds. The number of aromatic nitrogens is 3. The number of thioether (sulfide) groups is 1. The number of carbonyl (C=O) groups excluding carboxylic acids is 2. The summed E-state index contributed by atoms with van der Waals surface area (Å²) in [5.74, 6) is -0.155. The summed E-state index contributed by atoms with van der Waals surface area (Å²) >= 11 is 1.37. The number of ketones is 1. The second kappa shape index (κ2) is 9.05. The lowest BCUT2D eigenvalue weighted by atomic mass is 10.1. The van der Waals surface area contributed by atoms with Gasteiger partial charge in [-0.05, 0) is 49.7 Å². The average Bonchev–Trinajstić information content (AvgIpc) is 3.16. The summed E-state index contributed by atoms with van der Waals surface area (Å²) in [6.45, 7) is 7.56. The number of amides is 1. The van der Waals surface area contributed by atoms with E-state index in [4.69, 9.17) is 0 Å². The molecular weight excluding hydrogens is 384 g/mol. The summed E-state index contributed by atoms with van der Waals surface area (Å²) < 4.78 is 1.90. The molecule has 0 aliphatic heterocycles. The Hall–Kier alpha value is -2.93. The zero-order valence-electron chi connectivity index (χ0n) is 16.9. The van der Waals surface area contributed by atoms with E-state index in [9.17, 15) is 9.59 Å². The van der Waals surface area contributed by atoms with Crippen LogP contribution in [0.2, 0.25) is 0 Å². The van der Waals surface area contributed by atoms with Gasteiger partial charge in [-0.3, -0.25) is 14.2 Å². The molecular formula is C22H24N4O2S. The fraction of sp³-hybridized carbons (Fsp3) is 0.273. The van der Waals surface area contributed by atoms with E-state index in [2.05, 4.69) is 15.5 Å². The minimum absolute atomic E-state index is 0.00364. The Bertz CT molecular complexity index is 1010. The highest BCUT2D eigenvalue weighted by molar-refractivity contribution is 8.00. The fourth-order valence-corrected chi connectivity index (χ4v) is 3.67. The summed E-state index contributed by atoms with van der Waals surface area (Å²) in [5, 5.41) is 11.4. The van der Waals surface area contributed by atoms with E-state index in [1.165, 1.54) is 11.8 Å². The molecule has 2 aromatic carbocycles. The Morgan fingerprint density at radius 2 is 1.72 bits per heavy atom. The highest BCUT2D eigenvalue weighted by atomic mass is 32.2. The van der Waals surface area contributed by atoms with Gasteiger partial charge in [0.05, 0.1) is 10.9 Å². The molecule has 0 spiro atoms. The van der Waals surface area contributed by atoms with Crippen molar-refractivity contribution in [1.29, 1.82) is 0 Å². The molecule has 3 rings (SSSR count). The molecule has 150 valence electrons. The van der Waals surface area contributed by atoms with Crippen molar-refractivity contribution in [3.63, 3.8) is 0 Å². The third-order valence-electron chi connectivity index (χ3n) is 4.50. The molecule has 7 heteroatoms. The summed E-state index contributed by atoms with van der Waals surface area (Å²) in [5.41, 5.74) is 3.37. The number of nitrogens with one attached hydrogen (secondary N) is 1. The first-order chi connectivity index (χ1) is 13.9. The molecule has 0 radical (unpaired) electrons. The van der Waals surface area contributed by atoms with Crippen molar-refractivity contribution < 1.29 is 9.59 Å². The Kier molecular flexibility index (Phi) is 6.49. The highest BCUT2D eigenvalue weighted by Gasteiger charge is 2.20. The maximum absolute atomic E-state index is 12.9. The van der Waals surface area contributed by atoms with Gasteiger partial charge in [-0.1, -0.05) is 43.8 Å². The Morgan fingerprint density at radius 3 is 2.38 bits per heavy atom. The molecule has 6 nitrogen and oxygen atoms in total. The molecule has 3 aromatic rings. The molecule has 0 saturated carbocycles. The quantitative estimate of drug-likeness (QED) is 0.459. The van der Waals surface area contributed by atoms with Crippen LogP contribution in [0, 0.1) is 12.8 Å². The van der Waals surface area contributed by atoms with E-state index in [0.29, 0.717) is 16.4 Å². The SMILES string of the molecule is Cc1ccccc1-n1cnnc1SC(C)C(=O)c1ccc(NC(=O)C(C)C)cc1. The van der Waals surface area contributed by atoms with E-state index in [-0.39, 0.29) is 22.9 Å². The molecule has 1 heterocycles. The largest absolute Gasteiger partial charge is 0.326 e. The van der Waals surface area contributed by atoms with Gasteiger partial charge in [0.25, 0.3) is 0 Å². The lowest BCUT2D eigenvalue weighted by Gasteiger charge is -2.13. The van der Waals surface area contributed by atoms with E-state index in [0.717, 1.165) is 11.3 Å². The third-order valence-corrected chi connectivity index (χ3v) is 5.56. The zero-order valence-corrected chi connectivity index (χ0v) is 17.7. The van der Waals surface area contributed by atoms with Crippen LogP contribution in [-0.4, -0.2) is 31.7 Å². The molecule has 1 unspecified atom stereocenters. The van der Waals surface area contributed by atoms with Gasteiger partial charge in [0.1, 0.15) is 6.33 Å². The number of rotatable bonds is 7. The molecule has 1 aromatic heterocycles. The molecule has 0 saturated heterocycles. The predicted octanol–water partition coefficient (Wildman–Crippen LogP) is 4.53. The van der Waals surface area contributed by atoms with Gasteiger partial charge in [-0.15, -0.1) is 10.2 Å². The number of nitrogens with zero attached hydrogens (tertiary/aromatic N) is 3. The topological polar surface area (TPSA) is 76.9 Å². The minimum atomic E-state index is -0.335. The molecule has 0 fully saturated rings. The smallest absolute Gasteiger partial charge is 0.226 e. The Labute approximate surface area is 174 Å². The van der Waals surface area contributed by atoms with Crippen LogP contribution < -0.4 is 5.32 Å². The number of hydrogen-bond acceptors (Lipinski definition) is 5. The lowest BCUT2D eigenvalue weighted by molar-refractivity contribution is -0.118. The molecule has 0 bridgehead atoms. The van der Waals surface area contributed by atoms with Gasteiger partial charge in [0.2, 0.25) is 5.91 Å². The van der Waals surface area contributed by atoms with Gasteiger partial charge in [0, 0.05) is 17.2 Å². The monoisotopic (exact) mass is 408 g/mol. The first-order valence-corrected chi connectivity index (χ1v) is 10.3. The van der Waals surface area contributed by atoms with Gasteiger partial charge >= 0.3 is 0 Å². The van der Waals surface area contributed by atoms with Crippen molar-refractivity contribution in [2.75, 3.05) is 5.32 Å². The zero-order chi connectivity index (χ0) is 21.0. The number of hydrogen-bond donors (Lipinski definition) is 1. The average molecular weight is 409 g/mol. The molecule has 1 atom stereocenters. The van der Waals surface area contributed by atoms with Gasteiger partial charge in [0.15, 0.2) is 10.9 Å². The van der Waals surface area contributed by atoms with Crippen molar-refractivity contribution in [2.24, 2.45) is 5.92 Å². The van der Waals surface area contributed by atoms with Crippen molar-refractivity contribution in [2.45, 2.75) is 38.1 Å². The number of benzene rings is 2. The van der Waals surface area contributed by atoms with Crippen LogP contribution in [0.25, 0.3) is 5.69 Å². The van der Waals surface area contributed by atoms with E-state index in [1.807, 2.05) is 56.5 Å². The number of para-hydroxylation sites is 1. The van der Waals surface area contributed by atoms with Crippen molar-refractivity contribution in [3.8, 4) is 5.69 Å². The van der Waals surface area contributed by atoms with Crippen LogP contribution >= 0.6 is 11.8 Å². The van der Waals surface area contributed by atoms with Crippen LogP contribution in [0.1, 0.15) is 36.7 Å².